The zero-order valence-electron chi connectivity index (χ0n) is 12.5. The lowest BCUT2D eigenvalue weighted by molar-refractivity contribution is 0.102. The number of nitrogens with one attached hydrogen (secondary N) is 1. The van der Waals surface area contributed by atoms with Gasteiger partial charge in [-0.1, -0.05) is 18.2 Å². The van der Waals surface area contributed by atoms with Crippen molar-refractivity contribution < 1.29 is 4.79 Å². The Morgan fingerprint density at radius 2 is 1.86 bits per heavy atom. The summed E-state index contributed by atoms with van der Waals surface area (Å²) in [5, 5.41) is 11.3. The van der Waals surface area contributed by atoms with Gasteiger partial charge in [-0.25, -0.2) is 0 Å². The van der Waals surface area contributed by atoms with Crippen molar-refractivity contribution in [2.45, 2.75) is 20.5 Å². The van der Waals surface area contributed by atoms with E-state index in [2.05, 4.69) is 15.5 Å². The molecule has 1 aromatic carbocycles. The topological polar surface area (TPSA) is 64.7 Å². The zero-order chi connectivity index (χ0) is 15.5. The van der Waals surface area contributed by atoms with Crippen LogP contribution < -0.4 is 5.32 Å². The second-order valence-corrected chi connectivity index (χ2v) is 5.15. The molecule has 22 heavy (non-hydrogen) atoms. The van der Waals surface area contributed by atoms with Crippen molar-refractivity contribution in [1.29, 1.82) is 0 Å². The summed E-state index contributed by atoms with van der Waals surface area (Å²) in [5.74, 6) is -0.211. The lowest BCUT2D eigenvalue weighted by Crippen LogP contribution is -2.16. The fourth-order valence-corrected chi connectivity index (χ4v) is 2.28. The van der Waals surface area contributed by atoms with Crippen LogP contribution in [0.2, 0.25) is 0 Å². The molecule has 0 bridgehead atoms. The number of aromatic nitrogens is 4. The minimum absolute atomic E-state index is 0.211. The fraction of sp³-hybridized carbons (Fsp3) is 0.188. The van der Waals surface area contributed by atoms with Crippen LogP contribution in [0, 0.1) is 13.8 Å². The molecule has 0 saturated heterocycles. The molecule has 3 rings (SSSR count). The molecule has 0 saturated carbocycles. The van der Waals surface area contributed by atoms with Gasteiger partial charge in [0.15, 0.2) is 5.69 Å². The first-order valence-electron chi connectivity index (χ1n) is 7.02. The molecule has 0 spiro atoms. The van der Waals surface area contributed by atoms with E-state index >= 15 is 0 Å². The third-order valence-corrected chi connectivity index (χ3v) is 3.44. The Bertz CT molecular complexity index is 768. The Labute approximate surface area is 128 Å². The molecule has 0 atom stereocenters. The van der Waals surface area contributed by atoms with Crippen molar-refractivity contribution >= 4 is 11.6 Å². The summed E-state index contributed by atoms with van der Waals surface area (Å²) in [5.41, 5.74) is 3.29. The van der Waals surface area contributed by atoms with Crippen LogP contribution in [0.1, 0.15) is 21.6 Å². The second-order valence-electron chi connectivity index (χ2n) is 5.15. The van der Waals surface area contributed by atoms with E-state index in [1.165, 1.54) is 0 Å². The van der Waals surface area contributed by atoms with Crippen molar-refractivity contribution in [1.82, 2.24) is 19.6 Å². The Balaban J connectivity index is 1.74. The third kappa shape index (κ3) is 2.90. The molecule has 3 aromatic rings. The van der Waals surface area contributed by atoms with Crippen LogP contribution in [-0.2, 0) is 6.67 Å². The van der Waals surface area contributed by atoms with Crippen LogP contribution in [0.15, 0.2) is 48.9 Å². The minimum Gasteiger partial charge on any atom is -0.320 e. The van der Waals surface area contributed by atoms with Gasteiger partial charge in [0.05, 0.1) is 0 Å². The molecule has 6 nitrogen and oxygen atoms in total. The van der Waals surface area contributed by atoms with Gasteiger partial charge in [-0.2, -0.15) is 10.2 Å². The molecule has 0 aliphatic rings. The lowest BCUT2D eigenvalue weighted by atomic mass is 10.1. The number of para-hydroxylation sites is 1. The fourth-order valence-electron chi connectivity index (χ4n) is 2.28. The highest BCUT2D eigenvalue weighted by molar-refractivity contribution is 6.03. The normalized spacial score (nSPS) is 10.6. The predicted octanol–water partition coefficient (Wildman–Crippen LogP) is 2.45. The molecule has 0 radical (unpaired) electrons. The summed E-state index contributed by atoms with van der Waals surface area (Å²) < 4.78 is 3.41. The Kier molecular flexibility index (Phi) is 3.74. The van der Waals surface area contributed by atoms with E-state index in [0.717, 1.165) is 16.8 Å². The number of anilines is 1. The smallest absolute Gasteiger partial charge is 0.276 e. The minimum atomic E-state index is -0.211. The van der Waals surface area contributed by atoms with E-state index in [1.807, 2.05) is 44.3 Å². The molecule has 2 aromatic heterocycles. The predicted molar refractivity (Wildman–Crippen MR) is 83.7 cm³/mol. The molecule has 0 aliphatic carbocycles. The first-order chi connectivity index (χ1) is 10.6. The number of carbonyl (C=O) groups is 1. The molecule has 6 heteroatoms. The van der Waals surface area contributed by atoms with Gasteiger partial charge >= 0.3 is 0 Å². The Hall–Kier alpha value is -2.89. The molecular formula is C16H17N5O. The number of nitrogens with zero attached hydrogens (tertiary/aromatic N) is 4. The number of hydrogen-bond acceptors (Lipinski definition) is 3. The number of carbonyl (C=O) groups excluding carboxylic acids is 1. The molecule has 0 unspecified atom stereocenters. The lowest BCUT2D eigenvalue weighted by Gasteiger charge is -2.10. The van der Waals surface area contributed by atoms with Crippen LogP contribution in [0.5, 0.6) is 0 Å². The van der Waals surface area contributed by atoms with Gasteiger partial charge in [-0.15, -0.1) is 0 Å². The molecule has 1 amide bonds. The summed E-state index contributed by atoms with van der Waals surface area (Å²) in [6, 6.07) is 9.46. The maximum atomic E-state index is 12.3. The average molecular weight is 295 g/mol. The van der Waals surface area contributed by atoms with E-state index in [-0.39, 0.29) is 5.91 Å². The van der Waals surface area contributed by atoms with Gasteiger partial charge in [0, 0.05) is 24.3 Å². The molecule has 2 heterocycles. The molecule has 0 fully saturated rings. The van der Waals surface area contributed by atoms with E-state index in [0.29, 0.717) is 12.4 Å². The average Bonchev–Trinajstić information content (AvgIpc) is 3.15. The first kappa shape index (κ1) is 14.1. The Morgan fingerprint density at radius 3 is 2.55 bits per heavy atom. The Morgan fingerprint density at radius 1 is 1.09 bits per heavy atom. The summed E-state index contributed by atoms with van der Waals surface area (Å²) in [6.07, 6.45) is 5.32. The second kappa shape index (κ2) is 5.85. The van der Waals surface area contributed by atoms with Gasteiger partial charge in [0.25, 0.3) is 5.91 Å². The van der Waals surface area contributed by atoms with Crippen molar-refractivity contribution in [3.63, 3.8) is 0 Å². The number of benzene rings is 1. The quantitative estimate of drug-likeness (QED) is 0.804. The van der Waals surface area contributed by atoms with Crippen molar-refractivity contribution in [3.8, 4) is 0 Å². The standard InChI is InChI=1S/C16H17N5O/c1-12-5-3-6-13(2)15(12)18-16(22)14-7-10-21(19-14)11-20-9-4-8-17-20/h3-10H,11H2,1-2H3,(H,18,22). The summed E-state index contributed by atoms with van der Waals surface area (Å²) in [6.45, 7) is 4.42. The van der Waals surface area contributed by atoms with Crippen LogP contribution in [0.4, 0.5) is 5.69 Å². The summed E-state index contributed by atoms with van der Waals surface area (Å²) in [7, 11) is 0. The molecule has 1 N–H and O–H groups in total. The monoisotopic (exact) mass is 295 g/mol. The summed E-state index contributed by atoms with van der Waals surface area (Å²) in [4.78, 5) is 12.3. The molecule has 112 valence electrons. The number of rotatable bonds is 4. The van der Waals surface area contributed by atoms with E-state index in [1.54, 1.807) is 27.8 Å². The highest BCUT2D eigenvalue weighted by Crippen LogP contribution is 2.20. The van der Waals surface area contributed by atoms with E-state index < -0.39 is 0 Å². The zero-order valence-corrected chi connectivity index (χ0v) is 12.5. The van der Waals surface area contributed by atoms with Crippen LogP contribution in [0.3, 0.4) is 0 Å². The van der Waals surface area contributed by atoms with Gasteiger partial charge in [-0.05, 0) is 37.1 Å². The maximum Gasteiger partial charge on any atom is 0.276 e. The third-order valence-electron chi connectivity index (χ3n) is 3.44. The summed E-state index contributed by atoms with van der Waals surface area (Å²) >= 11 is 0. The van der Waals surface area contributed by atoms with Crippen LogP contribution in [0.25, 0.3) is 0 Å². The van der Waals surface area contributed by atoms with Crippen molar-refractivity contribution in [2.24, 2.45) is 0 Å². The molecule has 0 aliphatic heterocycles. The van der Waals surface area contributed by atoms with Gasteiger partial charge in [0.1, 0.15) is 6.67 Å². The SMILES string of the molecule is Cc1cccc(C)c1NC(=O)c1ccn(Cn2cccn2)n1. The largest absolute Gasteiger partial charge is 0.320 e. The number of hydrogen-bond donors (Lipinski definition) is 1. The maximum absolute atomic E-state index is 12.3. The highest BCUT2D eigenvalue weighted by Gasteiger charge is 2.12. The van der Waals surface area contributed by atoms with Crippen molar-refractivity contribution in [2.75, 3.05) is 5.32 Å². The van der Waals surface area contributed by atoms with Crippen LogP contribution >= 0.6 is 0 Å². The van der Waals surface area contributed by atoms with E-state index in [9.17, 15) is 4.79 Å². The number of aryl methyl sites for hydroxylation is 2. The first-order valence-corrected chi connectivity index (χ1v) is 7.02. The molecular weight excluding hydrogens is 278 g/mol. The van der Waals surface area contributed by atoms with Gasteiger partial charge in [0.2, 0.25) is 0 Å². The number of amides is 1. The van der Waals surface area contributed by atoms with Crippen molar-refractivity contribution in [3.05, 3.63) is 65.7 Å². The highest BCUT2D eigenvalue weighted by atomic mass is 16.2. The van der Waals surface area contributed by atoms with E-state index in [4.69, 9.17) is 0 Å². The van der Waals surface area contributed by atoms with Gasteiger partial charge < -0.3 is 5.32 Å². The van der Waals surface area contributed by atoms with Gasteiger partial charge in [-0.3, -0.25) is 14.2 Å². The van der Waals surface area contributed by atoms with Crippen LogP contribution in [-0.4, -0.2) is 25.5 Å².